The van der Waals surface area contributed by atoms with Gasteiger partial charge in [0.2, 0.25) is 0 Å². The van der Waals surface area contributed by atoms with Crippen molar-refractivity contribution in [2.75, 3.05) is 0 Å². The molecule has 0 fully saturated rings. The molecule has 0 heterocycles. The topological polar surface area (TPSA) is 84.8 Å². The zero-order valence-electron chi connectivity index (χ0n) is 6.07. The number of aliphatic hydroxyl groups excluding tert-OH is 2. The second-order valence-electron chi connectivity index (χ2n) is 2.09. The summed E-state index contributed by atoms with van der Waals surface area (Å²) in [6.07, 6.45) is -1.61. The van der Waals surface area contributed by atoms with E-state index in [1.807, 2.05) is 0 Å². The molecule has 0 spiro atoms. The van der Waals surface area contributed by atoms with Gasteiger partial charge in [-0.1, -0.05) is 0 Å². The summed E-state index contributed by atoms with van der Waals surface area (Å²) >= 11 is 0. The average Bonchev–Trinajstić information content (AvgIpc) is 1.58. The summed E-state index contributed by atoms with van der Waals surface area (Å²) < 4.78 is 0. The second-order valence-corrected chi connectivity index (χ2v) is 2.09. The summed E-state index contributed by atoms with van der Waals surface area (Å²) in [5.41, 5.74) is 0. The third kappa shape index (κ3) is 5.99. The SMILES string of the molecule is CC(O)NB(O)NC(C)O. The third-order valence-corrected chi connectivity index (χ3v) is 0.798. The molecule has 0 aliphatic heterocycles. The highest BCUT2D eigenvalue weighted by molar-refractivity contribution is 6.44. The van der Waals surface area contributed by atoms with Crippen LogP contribution in [0.3, 0.4) is 0 Å². The van der Waals surface area contributed by atoms with E-state index in [4.69, 9.17) is 15.2 Å². The van der Waals surface area contributed by atoms with E-state index < -0.39 is 19.6 Å². The zero-order valence-corrected chi connectivity index (χ0v) is 6.07. The second kappa shape index (κ2) is 4.65. The molecule has 0 saturated carbocycles. The Morgan fingerprint density at radius 3 is 1.60 bits per heavy atom. The van der Waals surface area contributed by atoms with E-state index in [9.17, 15) is 0 Å². The van der Waals surface area contributed by atoms with Crippen molar-refractivity contribution >= 4 is 7.19 Å². The molecule has 0 bridgehead atoms. The van der Waals surface area contributed by atoms with Gasteiger partial charge in [0.15, 0.2) is 0 Å². The summed E-state index contributed by atoms with van der Waals surface area (Å²) in [4.78, 5) is 0. The van der Waals surface area contributed by atoms with Crippen molar-refractivity contribution in [2.45, 2.75) is 26.3 Å². The lowest BCUT2D eigenvalue weighted by atomic mass is 10.0. The van der Waals surface area contributed by atoms with Crippen molar-refractivity contribution < 1.29 is 15.2 Å². The number of nitrogens with one attached hydrogen (secondary N) is 2. The van der Waals surface area contributed by atoms with Crippen molar-refractivity contribution in [3.63, 3.8) is 0 Å². The fourth-order valence-electron chi connectivity index (χ4n) is 0.505. The third-order valence-electron chi connectivity index (χ3n) is 0.798. The minimum atomic E-state index is -1.08. The van der Waals surface area contributed by atoms with Gasteiger partial charge in [0.05, 0.1) is 12.5 Å². The van der Waals surface area contributed by atoms with E-state index in [-0.39, 0.29) is 0 Å². The molecule has 0 aliphatic carbocycles. The van der Waals surface area contributed by atoms with E-state index >= 15 is 0 Å². The maximum absolute atomic E-state index is 8.85. The molecule has 0 amide bonds. The quantitative estimate of drug-likeness (QED) is 0.231. The lowest BCUT2D eigenvalue weighted by Gasteiger charge is -2.13. The zero-order chi connectivity index (χ0) is 8.15. The summed E-state index contributed by atoms with van der Waals surface area (Å²) in [5, 5.41) is 30.8. The van der Waals surface area contributed by atoms with Gasteiger partial charge in [0.25, 0.3) is 0 Å². The van der Waals surface area contributed by atoms with Gasteiger partial charge in [0.1, 0.15) is 0 Å². The Labute approximate surface area is 60.2 Å². The first-order valence-corrected chi connectivity index (χ1v) is 3.08. The molecule has 5 N–H and O–H groups in total. The Morgan fingerprint density at radius 2 is 1.40 bits per heavy atom. The molecular weight excluding hydrogens is 135 g/mol. The molecule has 5 nitrogen and oxygen atoms in total. The van der Waals surface area contributed by atoms with Crippen LogP contribution in [0.15, 0.2) is 0 Å². The first-order valence-electron chi connectivity index (χ1n) is 3.08. The van der Waals surface area contributed by atoms with Crippen LogP contribution in [0.1, 0.15) is 13.8 Å². The highest BCUT2D eigenvalue weighted by Gasteiger charge is 2.14. The number of hydrogen-bond donors (Lipinski definition) is 5. The van der Waals surface area contributed by atoms with Crippen LogP contribution in [0.2, 0.25) is 0 Å². The van der Waals surface area contributed by atoms with Crippen molar-refractivity contribution in [2.24, 2.45) is 0 Å². The molecule has 60 valence electrons. The van der Waals surface area contributed by atoms with Gasteiger partial charge in [-0.05, 0) is 13.8 Å². The monoisotopic (exact) mass is 148 g/mol. The summed E-state index contributed by atoms with van der Waals surface area (Å²) in [7, 11) is -1.08. The molecule has 2 unspecified atom stereocenters. The molecule has 0 aliphatic rings. The molecule has 6 heteroatoms. The first kappa shape index (κ1) is 9.86. The fourth-order valence-corrected chi connectivity index (χ4v) is 0.505. The van der Waals surface area contributed by atoms with Gasteiger partial charge in [-0.15, -0.1) is 0 Å². The molecule has 2 atom stereocenters. The number of hydrogen-bond acceptors (Lipinski definition) is 5. The van der Waals surface area contributed by atoms with Crippen molar-refractivity contribution in [1.29, 1.82) is 0 Å². The van der Waals surface area contributed by atoms with E-state index in [1.165, 1.54) is 13.8 Å². The molecule has 0 radical (unpaired) electrons. The lowest BCUT2D eigenvalue weighted by Crippen LogP contribution is -2.54. The smallest absolute Gasteiger partial charge is 0.424 e. The summed E-state index contributed by atoms with van der Waals surface area (Å²) in [6, 6.07) is 0. The van der Waals surface area contributed by atoms with Crippen LogP contribution < -0.4 is 10.5 Å². The largest absolute Gasteiger partial charge is 0.474 e. The van der Waals surface area contributed by atoms with Gasteiger partial charge >= 0.3 is 7.19 Å². The highest BCUT2D eigenvalue weighted by atomic mass is 16.3. The van der Waals surface area contributed by atoms with Crippen LogP contribution in [0.25, 0.3) is 0 Å². The van der Waals surface area contributed by atoms with Crippen LogP contribution in [-0.2, 0) is 0 Å². The van der Waals surface area contributed by atoms with Crippen LogP contribution in [0, 0.1) is 0 Å². The molecule has 0 saturated heterocycles. The standard InChI is InChI=1S/C4H13BN2O3/c1-3(8)6-5(10)7-4(2)9/h3-4,6-10H,1-2H3. The number of aliphatic hydroxyl groups is 2. The van der Waals surface area contributed by atoms with Gasteiger partial charge in [-0.3, -0.25) is 10.5 Å². The van der Waals surface area contributed by atoms with Crippen LogP contribution in [0.4, 0.5) is 0 Å². The average molecular weight is 148 g/mol. The Kier molecular flexibility index (Phi) is 4.58. The summed E-state index contributed by atoms with van der Waals surface area (Å²) in [6.45, 7) is 2.93. The molecular formula is C4H13BN2O3. The van der Waals surface area contributed by atoms with Crippen molar-refractivity contribution in [1.82, 2.24) is 10.5 Å². The van der Waals surface area contributed by atoms with Crippen LogP contribution >= 0.6 is 0 Å². The van der Waals surface area contributed by atoms with Gasteiger partial charge in [-0.25, -0.2) is 0 Å². The van der Waals surface area contributed by atoms with Crippen LogP contribution in [0.5, 0.6) is 0 Å². The maximum atomic E-state index is 8.85. The Balaban J connectivity index is 3.34. The molecule has 0 aromatic heterocycles. The molecule has 0 rings (SSSR count). The lowest BCUT2D eigenvalue weighted by molar-refractivity contribution is 0.157. The van der Waals surface area contributed by atoms with E-state index in [2.05, 4.69) is 10.5 Å². The van der Waals surface area contributed by atoms with Crippen molar-refractivity contribution in [3.8, 4) is 0 Å². The van der Waals surface area contributed by atoms with E-state index in [0.29, 0.717) is 0 Å². The maximum Gasteiger partial charge on any atom is 0.474 e. The summed E-state index contributed by atoms with van der Waals surface area (Å²) in [5.74, 6) is 0. The number of rotatable bonds is 4. The Hall–Kier alpha value is -0.135. The highest BCUT2D eigenvalue weighted by Crippen LogP contribution is 1.74. The molecule has 10 heavy (non-hydrogen) atoms. The minimum Gasteiger partial charge on any atom is -0.424 e. The predicted molar refractivity (Wildman–Crippen MR) is 37.6 cm³/mol. The Bertz CT molecular complexity index is 80.6. The van der Waals surface area contributed by atoms with Gasteiger partial charge in [-0.2, -0.15) is 0 Å². The normalized spacial score (nSPS) is 16.5. The predicted octanol–water partition coefficient (Wildman–Crippen LogP) is -2.18. The van der Waals surface area contributed by atoms with Crippen LogP contribution in [-0.4, -0.2) is 34.9 Å². The van der Waals surface area contributed by atoms with E-state index in [0.717, 1.165) is 0 Å². The van der Waals surface area contributed by atoms with Crippen molar-refractivity contribution in [3.05, 3.63) is 0 Å². The minimum absolute atomic E-state index is 0.804. The van der Waals surface area contributed by atoms with E-state index in [1.54, 1.807) is 0 Å². The molecule has 0 aromatic carbocycles. The van der Waals surface area contributed by atoms with Gasteiger partial charge < -0.3 is 15.2 Å². The molecule has 0 aromatic rings. The Morgan fingerprint density at radius 1 is 1.10 bits per heavy atom. The van der Waals surface area contributed by atoms with Gasteiger partial charge in [0, 0.05) is 0 Å². The fraction of sp³-hybridized carbons (Fsp3) is 1.00. The first-order chi connectivity index (χ1) is 4.52.